The summed E-state index contributed by atoms with van der Waals surface area (Å²) >= 11 is 0. The number of piperidine rings is 2. The highest BCUT2D eigenvalue weighted by Crippen LogP contribution is 2.30. The fourth-order valence-corrected chi connectivity index (χ4v) is 5.69. The van der Waals surface area contributed by atoms with Gasteiger partial charge in [0.25, 0.3) is 5.91 Å². The molecule has 2 aromatic rings. The Balaban J connectivity index is 1.39. The normalized spacial score (nSPS) is 22.7. The van der Waals surface area contributed by atoms with E-state index < -0.39 is 0 Å². The number of aryl methyl sites for hydroxylation is 2. The third-order valence-corrected chi connectivity index (χ3v) is 7.50. The zero-order valence-corrected chi connectivity index (χ0v) is 20.0. The molecule has 0 aromatic heterocycles. The number of hydrogen-bond acceptors (Lipinski definition) is 4. The Morgan fingerprint density at radius 3 is 2.33 bits per heavy atom. The lowest BCUT2D eigenvalue weighted by atomic mass is 10.00. The van der Waals surface area contributed by atoms with Gasteiger partial charge in [-0.05, 0) is 69.8 Å². The van der Waals surface area contributed by atoms with Crippen molar-refractivity contribution in [1.29, 1.82) is 0 Å². The third kappa shape index (κ3) is 4.70. The monoisotopic (exact) mass is 444 g/mol. The van der Waals surface area contributed by atoms with Gasteiger partial charge in [-0.1, -0.05) is 54.4 Å². The van der Waals surface area contributed by atoms with Gasteiger partial charge in [0.15, 0.2) is 0 Å². The van der Waals surface area contributed by atoms with Gasteiger partial charge in [0, 0.05) is 25.6 Å². The topological polar surface area (TPSA) is 39.2 Å². The number of carbonyl (C=O) groups is 1. The van der Waals surface area contributed by atoms with Crippen molar-refractivity contribution in [2.45, 2.75) is 64.5 Å². The molecule has 2 saturated heterocycles. The van der Waals surface area contributed by atoms with Gasteiger partial charge >= 0.3 is 0 Å². The van der Waals surface area contributed by atoms with Gasteiger partial charge in [0.1, 0.15) is 6.04 Å². The number of amides is 1. The molecule has 3 heterocycles. The Morgan fingerprint density at radius 2 is 1.64 bits per heavy atom. The Kier molecular flexibility index (Phi) is 6.50. The lowest BCUT2D eigenvalue weighted by molar-refractivity contribution is -0.118. The van der Waals surface area contributed by atoms with Crippen LogP contribution in [-0.2, 0) is 11.2 Å². The molecule has 3 aliphatic rings. The van der Waals surface area contributed by atoms with Crippen molar-refractivity contribution in [2.24, 2.45) is 4.99 Å². The second-order valence-electron chi connectivity index (χ2n) is 9.91. The largest absolute Gasteiger partial charge is 0.342 e. The maximum absolute atomic E-state index is 13.7. The minimum absolute atomic E-state index is 0.0963. The van der Waals surface area contributed by atoms with E-state index in [1.807, 2.05) is 23.1 Å². The zero-order chi connectivity index (χ0) is 22.8. The molecular weight excluding hydrogens is 408 g/mol. The quantitative estimate of drug-likeness (QED) is 0.694. The maximum atomic E-state index is 13.7. The second kappa shape index (κ2) is 9.68. The van der Waals surface area contributed by atoms with Gasteiger partial charge < -0.3 is 9.80 Å². The van der Waals surface area contributed by atoms with Crippen molar-refractivity contribution >= 4 is 17.6 Å². The Hall–Kier alpha value is -2.66. The molecule has 1 amide bonds. The molecule has 1 unspecified atom stereocenters. The van der Waals surface area contributed by atoms with Gasteiger partial charge in [-0.15, -0.1) is 0 Å². The minimum atomic E-state index is -0.358. The van der Waals surface area contributed by atoms with Crippen molar-refractivity contribution in [3.8, 4) is 0 Å². The number of anilines is 1. The highest BCUT2D eigenvalue weighted by Gasteiger charge is 2.40. The molecule has 5 nitrogen and oxygen atoms in total. The molecule has 5 heteroatoms. The summed E-state index contributed by atoms with van der Waals surface area (Å²) in [5, 5.41) is 0. The van der Waals surface area contributed by atoms with E-state index in [1.54, 1.807) is 0 Å². The van der Waals surface area contributed by atoms with Gasteiger partial charge in [-0.3, -0.25) is 4.79 Å². The number of rotatable bonds is 4. The summed E-state index contributed by atoms with van der Waals surface area (Å²) in [7, 11) is 0. The number of carbonyl (C=O) groups excluding carboxylic acids is 1. The first-order chi connectivity index (χ1) is 16.1. The third-order valence-electron chi connectivity index (χ3n) is 7.50. The Morgan fingerprint density at radius 1 is 0.909 bits per heavy atom. The Labute approximate surface area is 198 Å². The predicted molar refractivity (Wildman–Crippen MR) is 135 cm³/mol. The standard InChI is InChI=1S/C28H36N4O/c1-21-11-12-26(22(2)19-21)32-27(33)25(20-23-9-5-3-6-10-23)29-28(32)31-17-13-24(14-18-31)30-15-7-4-8-16-30/h3,5-6,9-12,19,24-25H,4,7-8,13-18,20H2,1-2H3. The van der Waals surface area contributed by atoms with E-state index in [9.17, 15) is 4.79 Å². The van der Waals surface area contributed by atoms with Crippen LogP contribution >= 0.6 is 0 Å². The van der Waals surface area contributed by atoms with E-state index in [2.05, 4.69) is 54.0 Å². The summed E-state index contributed by atoms with van der Waals surface area (Å²) in [5.41, 5.74) is 4.47. The number of aliphatic imine (C=N–C) groups is 1. The van der Waals surface area contributed by atoms with Crippen molar-refractivity contribution in [3.63, 3.8) is 0 Å². The van der Waals surface area contributed by atoms with Crippen LogP contribution in [0.1, 0.15) is 48.8 Å². The fourth-order valence-electron chi connectivity index (χ4n) is 5.69. The maximum Gasteiger partial charge on any atom is 0.259 e. The first-order valence-electron chi connectivity index (χ1n) is 12.6. The van der Waals surface area contributed by atoms with Gasteiger partial charge in [0.2, 0.25) is 5.96 Å². The summed E-state index contributed by atoms with van der Waals surface area (Å²) in [4.78, 5) is 25.7. The number of hydrogen-bond donors (Lipinski definition) is 0. The zero-order valence-electron chi connectivity index (χ0n) is 20.0. The molecule has 5 rings (SSSR count). The summed E-state index contributed by atoms with van der Waals surface area (Å²) in [6.07, 6.45) is 7.00. The van der Waals surface area contributed by atoms with E-state index in [-0.39, 0.29) is 11.9 Å². The van der Waals surface area contributed by atoms with Gasteiger partial charge in [0.05, 0.1) is 5.69 Å². The molecule has 0 radical (unpaired) electrons. The molecule has 2 fully saturated rings. The molecule has 0 N–H and O–H groups in total. The fraction of sp³-hybridized carbons (Fsp3) is 0.500. The molecule has 0 spiro atoms. The average molecular weight is 445 g/mol. The Bertz CT molecular complexity index is 1000. The molecule has 2 aromatic carbocycles. The van der Waals surface area contributed by atoms with Crippen LogP contribution in [0.2, 0.25) is 0 Å². The first kappa shape index (κ1) is 22.1. The molecule has 3 aliphatic heterocycles. The molecule has 174 valence electrons. The van der Waals surface area contributed by atoms with E-state index in [0.29, 0.717) is 12.5 Å². The molecule has 0 bridgehead atoms. The molecule has 0 aliphatic carbocycles. The van der Waals surface area contributed by atoms with Crippen LogP contribution in [0, 0.1) is 13.8 Å². The van der Waals surface area contributed by atoms with E-state index in [4.69, 9.17) is 4.99 Å². The minimum Gasteiger partial charge on any atom is -0.342 e. The van der Waals surface area contributed by atoms with Crippen molar-refractivity contribution in [1.82, 2.24) is 9.80 Å². The van der Waals surface area contributed by atoms with Crippen LogP contribution in [0.5, 0.6) is 0 Å². The van der Waals surface area contributed by atoms with Gasteiger partial charge in [-0.2, -0.15) is 0 Å². The molecule has 1 atom stereocenters. The lowest BCUT2D eigenvalue weighted by Gasteiger charge is -2.41. The average Bonchev–Trinajstić information content (AvgIpc) is 3.16. The van der Waals surface area contributed by atoms with Gasteiger partial charge in [-0.25, -0.2) is 9.89 Å². The summed E-state index contributed by atoms with van der Waals surface area (Å²) in [6, 6.07) is 16.9. The number of benzene rings is 2. The van der Waals surface area contributed by atoms with Crippen molar-refractivity contribution < 1.29 is 4.79 Å². The van der Waals surface area contributed by atoms with Crippen molar-refractivity contribution in [2.75, 3.05) is 31.1 Å². The second-order valence-corrected chi connectivity index (χ2v) is 9.91. The number of nitrogens with zero attached hydrogens (tertiary/aromatic N) is 4. The lowest BCUT2D eigenvalue weighted by Crippen LogP contribution is -2.52. The number of guanidine groups is 1. The highest BCUT2D eigenvalue weighted by atomic mass is 16.2. The predicted octanol–water partition coefficient (Wildman–Crippen LogP) is 4.57. The van der Waals surface area contributed by atoms with Crippen LogP contribution in [0.15, 0.2) is 53.5 Å². The van der Waals surface area contributed by atoms with E-state index in [1.165, 1.54) is 37.9 Å². The molecule has 0 saturated carbocycles. The summed E-state index contributed by atoms with van der Waals surface area (Å²) in [6.45, 7) is 8.62. The van der Waals surface area contributed by atoms with Crippen LogP contribution in [0.3, 0.4) is 0 Å². The van der Waals surface area contributed by atoms with Crippen LogP contribution in [-0.4, -0.2) is 59.9 Å². The summed E-state index contributed by atoms with van der Waals surface area (Å²) < 4.78 is 0. The van der Waals surface area contributed by atoms with Crippen molar-refractivity contribution in [3.05, 3.63) is 65.2 Å². The van der Waals surface area contributed by atoms with Crippen LogP contribution < -0.4 is 4.90 Å². The summed E-state index contributed by atoms with van der Waals surface area (Å²) in [5.74, 6) is 0.948. The van der Waals surface area contributed by atoms with E-state index in [0.717, 1.165) is 48.7 Å². The smallest absolute Gasteiger partial charge is 0.259 e. The molecular formula is C28H36N4O. The van der Waals surface area contributed by atoms with Crippen LogP contribution in [0.25, 0.3) is 0 Å². The molecule has 33 heavy (non-hydrogen) atoms. The number of likely N-dealkylation sites (tertiary alicyclic amines) is 2. The SMILES string of the molecule is Cc1ccc(N2C(=O)C(Cc3ccccc3)N=C2N2CCC(N3CCCCC3)CC2)c(C)c1. The highest BCUT2D eigenvalue weighted by molar-refractivity contribution is 6.22. The van der Waals surface area contributed by atoms with E-state index >= 15 is 0 Å². The van der Waals surface area contributed by atoms with Crippen LogP contribution in [0.4, 0.5) is 5.69 Å². The first-order valence-corrected chi connectivity index (χ1v) is 12.6.